The number of aromatic nitrogens is 1. The maximum atomic E-state index is 6.08. The van der Waals surface area contributed by atoms with Gasteiger partial charge in [0.15, 0.2) is 0 Å². The number of hydrogen-bond acceptors (Lipinski definition) is 2. The van der Waals surface area contributed by atoms with E-state index in [0.29, 0.717) is 5.15 Å². The van der Waals surface area contributed by atoms with Gasteiger partial charge in [-0.25, -0.2) is 4.98 Å². The van der Waals surface area contributed by atoms with Crippen LogP contribution < -0.4 is 5.73 Å². The Balaban J connectivity index is 2.76. The summed E-state index contributed by atoms with van der Waals surface area (Å²) in [6.07, 6.45) is 0. The van der Waals surface area contributed by atoms with Crippen molar-refractivity contribution in [1.82, 2.24) is 4.98 Å². The molecular weight excluding hydrogens is 208 g/mol. The molecule has 0 saturated heterocycles. The first-order chi connectivity index (χ1) is 7.09. The third-order valence-corrected chi connectivity index (χ3v) is 2.82. The summed E-state index contributed by atoms with van der Waals surface area (Å²) < 4.78 is 0. The fraction of sp³-hybridized carbons (Fsp3) is 0.250. The van der Waals surface area contributed by atoms with Gasteiger partial charge in [-0.3, -0.25) is 0 Å². The minimum atomic E-state index is -0.0880. The van der Waals surface area contributed by atoms with E-state index in [4.69, 9.17) is 17.3 Å². The highest BCUT2D eigenvalue weighted by atomic mass is 35.5. The average Bonchev–Trinajstić information content (AvgIpc) is 2.18. The number of aryl methyl sites for hydroxylation is 1. The van der Waals surface area contributed by atoms with Crippen LogP contribution in [-0.2, 0) is 0 Å². The Morgan fingerprint density at radius 3 is 2.80 bits per heavy atom. The zero-order chi connectivity index (χ0) is 11.0. The van der Waals surface area contributed by atoms with Crippen LogP contribution in [0.2, 0.25) is 5.15 Å². The summed E-state index contributed by atoms with van der Waals surface area (Å²) in [5, 5.41) is 1.60. The molecule has 2 N–H and O–H groups in total. The highest BCUT2D eigenvalue weighted by Gasteiger charge is 2.09. The van der Waals surface area contributed by atoms with Gasteiger partial charge in [-0.05, 0) is 25.5 Å². The number of pyridine rings is 1. The van der Waals surface area contributed by atoms with Gasteiger partial charge in [0.05, 0.1) is 5.52 Å². The van der Waals surface area contributed by atoms with Crippen molar-refractivity contribution >= 4 is 22.5 Å². The highest BCUT2D eigenvalue weighted by molar-refractivity contribution is 6.30. The van der Waals surface area contributed by atoms with Crippen molar-refractivity contribution in [3.8, 4) is 0 Å². The van der Waals surface area contributed by atoms with Gasteiger partial charge in [0.25, 0.3) is 0 Å². The monoisotopic (exact) mass is 220 g/mol. The van der Waals surface area contributed by atoms with Crippen LogP contribution >= 0.6 is 11.6 Å². The van der Waals surface area contributed by atoms with Gasteiger partial charge in [-0.1, -0.05) is 29.8 Å². The van der Waals surface area contributed by atoms with Gasteiger partial charge in [0.2, 0.25) is 0 Å². The molecule has 3 heteroatoms. The van der Waals surface area contributed by atoms with E-state index in [2.05, 4.69) is 4.98 Å². The lowest BCUT2D eigenvalue weighted by Crippen LogP contribution is -2.06. The summed E-state index contributed by atoms with van der Waals surface area (Å²) in [7, 11) is 0. The lowest BCUT2D eigenvalue weighted by Gasteiger charge is -2.10. The Morgan fingerprint density at radius 1 is 1.40 bits per heavy atom. The molecule has 15 heavy (non-hydrogen) atoms. The predicted molar refractivity (Wildman–Crippen MR) is 64.1 cm³/mol. The molecule has 1 unspecified atom stereocenters. The molecule has 0 amide bonds. The van der Waals surface area contributed by atoms with Crippen LogP contribution in [0.4, 0.5) is 0 Å². The molecular formula is C12H13ClN2. The summed E-state index contributed by atoms with van der Waals surface area (Å²) in [5.74, 6) is 0. The zero-order valence-corrected chi connectivity index (χ0v) is 9.55. The summed E-state index contributed by atoms with van der Waals surface area (Å²) in [6.45, 7) is 3.93. The summed E-state index contributed by atoms with van der Waals surface area (Å²) in [4.78, 5) is 4.38. The number of rotatable bonds is 1. The first-order valence-corrected chi connectivity index (χ1v) is 5.28. The van der Waals surface area contributed by atoms with E-state index < -0.39 is 0 Å². The molecule has 1 aromatic heterocycles. The van der Waals surface area contributed by atoms with Crippen LogP contribution in [-0.4, -0.2) is 4.98 Å². The van der Waals surface area contributed by atoms with Crippen molar-refractivity contribution in [3.05, 3.63) is 40.5 Å². The molecule has 78 valence electrons. The maximum absolute atomic E-state index is 6.08. The molecule has 0 bridgehead atoms. The second-order valence-corrected chi connectivity index (χ2v) is 4.16. The molecule has 2 aromatic rings. The van der Waals surface area contributed by atoms with Crippen LogP contribution in [0.1, 0.15) is 24.1 Å². The molecule has 0 fully saturated rings. The van der Waals surface area contributed by atoms with Crippen molar-refractivity contribution in [2.45, 2.75) is 19.9 Å². The topological polar surface area (TPSA) is 38.9 Å². The Kier molecular flexibility index (Phi) is 2.63. The molecule has 0 aliphatic rings. The van der Waals surface area contributed by atoms with Crippen LogP contribution in [0.15, 0.2) is 24.3 Å². The SMILES string of the molecule is Cc1cccc2cc(C(C)N)c(Cl)nc12. The predicted octanol–water partition coefficient (Wildman–Crippen LogP) is 3.22. The van der Waals surface area contributed by atoms with E-state index in [1.807, 2.05) is 38.1 Å². The van der Waals surface area contributed by atoms with Crippen LogP contribution in [0.25, 0.3) is 10.9 Å². The highest BCUT2D eigenvalue weighted by Crippen LogP contribution is 2.25. The lowest BCUT2D eigenvalue weighted by atomic mass is 10.1. The third-order valence-electron chi connectivity index (χ3n) is 2.52. The van der Waals surface area contributed by atoms with Crippen molar-refractivity contribution < 1.29 is 0 Å². The fourth-order valence-corrected chi connectivity index (χ4v) is 1.97. The Labute approximate surface area is 94.1 Å². The first kappa shape index (κ1) is 10.4. The Morgan fingerprint density at radius 2 is 2.13 bits per heavy atom. The lowest BCUT2D eigenvalue weighted by molar-refractivity contribution is 0.815. The van der Waals surface area contributed by atoms with Crippen LogP contribution in [0, 0.1) is 6.92 Å². The van der Waals surface area contributed by atoms with Crippen molar-refractivity contribution in [1.29, 1.82) is 0 Å². The van der Waals surface area contributed by atoms with E-state index >= 15 is 0 Å². The molecule has 0 radical (unpaired) electrons. The average molecular weight is 221 g/mol. The van der Waals surface area contributed by atoms with Crippen molar-refractivity contribution in [2.75, 3.05) is 0 Å². The van der Waals surface area contributed by atoms with E-state index in [0.717, 1.165) is 22.0 Å². The number of nitrogens with zero attached hydrogens (tertiary/aromatic N) is 1. The van der Waals surface area contributed by atoms with E-state index in [1.165, 1.54) is 0 Å². The van der Waals surface area contributed by atoms with E-state index in [9.17, 15) is 0 Å². The number of para-hydroxylation sites is 1. The molecule has 1 heterocycles. The molecule has 0 aliphatic carbocycles. The number of nitrogens with two attached hydrogens (primary N) is 1. The van der Waals surface area contributed by atoms with Crippen molar-refractivity contribution in [3.63, 3.8) is 0 Å². The molecule has 2 nitrogen and oxygen atoms in total. The molecule has 0 saturated carbocycles. The second-order valence-electron chi connectivity index (χ2n) is 3.80. The number of halogens is 1. The van der Waals surface area contributed by atoms with Crippen LogP contribution in [0.3, 0.4) is 0 Å². The standard InChI is InChI=1S/C12H13ClN2/c1-7-4-3-5-9-6-10(8(2)14)12(13)15-11(7)9/h3-6,8H,14H2,1-2H3. The van der Waals surface area contributed by atoms with E-state index in [1.54, 1.807) is 0 Å². The fourth-order valence-electron chi connectivity index (χ4n) is 1.66. The first-order valence-electron chi connectivity index (χ1n) is 4.91. The summed E-state index contributed by atoms with van der Waals surface area (Å²) >= 11 is 6.08. The molecule has 1 aromatic carbocycles. The van der Waals surface area contributed by atoms with E-state index in [-0.39, 0.29) is 6.04 Å². The molecule has 1 atom stereocenters. The minimum Gasteiger partial charge on any atom is -0.324 e. The van der Waals surface area contributed by atoms with Crippen LogP contribution in [0.5, 0.6) is 0 Å². The number of hydrogen-bond donors (Lipinski definition) is 1. The normalized spacial score (nSPS) is 13.1. The summed E-state index contributed by atoms with van der Waals surface area (Å²) in [5.41, 5.74) is 8.80. The van der Waals surface area contributed by atoms with Gasteiger partial charge in [0.1, 0.15) is 5.15 Å². The maximum Gasteiger partial charge on any atom is 0.134 e. The summed E-state index contributed by atoms with van der Waals surface area (Å²) in [6, 6.07) is 7.99. The quantitative estimate of drug-likeness (QED) is 0.750. The van der Waals surface area contributed by atoms with Crippen molar-refractivity contribution in [2.24, 2.45) is 5.73 Å². The number of fused-ring (bicyclic) bond motifs is 1. The zero-order valence-electron chi connectivity index (χ0n) is 8.79. The van der Waals surface area contributed by atoms with Gasteiger partial charge < -0.3 is 5.73 Å². The minimum absolute atomic E-state index is 0.0880. The molecule has 0 aliphatic heterocycles. The molecule has 0 spiro atoms. The Hall–Kier alpha value is -1.12. The largest absolute Gasteiger partial charge is 0.324 e. The number of benzene rings is 1. The van der Waals surface area contributed by atoms with Gasteiger partial charge in [-0.15, -0.1) is 0 Å². The third kappa shape index (κ3) is 1.83. The smallest absolute Gasteiger partial charge is 0.134 e. The Bertz CT molecular complexity index is 506. The second kappa shape index (κ2) is 3.80. The van der Waals surface area contributed by atoms with Gasteiger partial charge >= 0.3 is 0 Å². The molecule has 2 rings (SSSR count). The van der Waals surface area contributed by atoms with Gasteiger partial charge in [0, 0.05) is 17.0 Å². The van der Waals surface area contributed by atoms with Gasteiger partial charge in [-0.2, -0.15) is 0 Å².